The van der Waals surface area contributed by atoms with E-state index in [1.807, 2.05) is 0 Å². The maximum atomic E-state index is 10.3. The van der Waals surface area contributed by atoms with Gasteiger partial charge in [-0.3, -0.25) is 0 Å². The lowest BCUT2D eigenvalue weighted by molar-refractivity contribution is 0.0693. The molecule has 0 saturated heterocycles. The Morgan fingerprint density at radius 3 is 2.06 bits per heavy atom. The van der Waals surface area contributed by atoms with Crippen LogP contribution in [0.1, 0.15) is 42.5 Å². The molecule has 0 amide bonds. The number of aromatic carboxylic acids is 1. The van der Waals surface area contributed by atoms with Crippen LogP contribution in [0.15, 0.2) is 24.3 Å². The number of carboxylic acid groups (broad SMARTS) is 1. The Kier molecular flexibility index (Phi) is 5.49. The molecular formula is C13H18O4. The predicted molar refractivity (Wildman–Crippen MR) is 64.2 cm³/mol. The predicted octanol–water partition coefficient (Wildman–Crippen LogP) is 2.40. The van der Waals surface area contributed by atoms with Crippen LogP contribution in [-0.4, -0.2) is 27.4 Å². The van der Waals surface area contributed by atoms with Crippen LogP contribution in [0.2, 0.25) is 0 Å². The van der Waals surface area contributed by atoms with Crippen LogP contribution in [0.25, 0.3) is 0 Å². The van der Waals surface area contributed by atoms with E-state index in [1.165, 1.54) is 31.4 Å². The van der Waals surface area contributed by atoms with Gasteiger partial charge in [0.25, 0.3) is 0 Å². The molecule has 0 aromatic heterocycles. The molecule has 0 atom stereocenters. The van der Waals surface area contributed by atoms with Crippen molar-refractivity contribution in [3.05, 3.63) is 29.8 Å². The molecule has 4 nitrogen and oxygen atoms in total. The van der Waals surface area contributed by atoms with Crippen molar-refractivity contribution < 1.29 is 20.1 Å². The van der Waals surface area contributed by atoms with Crippen LogP contribution >= 0.6 is 0 Å². The number of hydrogen-bond acceptors (Lipinski definition) is 3. The van der Waals surface area contributed by atoms with Gasteiger partial charge < -0.3 is 15.3 Å². The molecule has 3 N–H and O–H groups in total. The van der Waals surface area contributed by atoms with E-state index < -0.39 is 5.97 Å². The molecule has 1 aliphatic rings. The highest BCUT2D eigenvalue weighted by atomic mass is 16.4. The van der Waals surface area contributed by atoms with Gasteiger partial charge in [0.2, 0.25) is 0 Å². The molecule has 1 fully saturated rings. The second-order valence-electron chi connectivity index (χ2n) is 4.11. The summed E-state index contributed by atoms with van der Waals surface area (Å²) < 4.78 is 0. The van der Waals surface area contributed by atoms with Crippen LogP contribution in [-0.2, 0) is 0 Å². The molecule has 2 rings (SSSR count). The van der Waals surface area contributed by atoms with E-state index in [4.69, 9.17) is 15.3 Å². The Balaban J connectivity index is 0.000000181. The number of carbonyl (C=O) groups is 1. The molecule has 0 heterocycles. The number of carboxylic acids is 1. The van der Waals surface area contributed by atoms with Gasteiger partial charge >= 0.3 is 5.97 Å². The Morgan fingerprint density at radius 2 is 1.71 bits per heavy atom. The van der Waals surface area contributed by atoms with Gasteiger partial charge in [-0.2, -0.15) is 0 Å². The molecule has 1 saturated carbocycles. The molecule has 1 aromatic rings. The van der Waals surface area contributed by atoms with Crippen LogP contribution in [0.5, 0.6) is 5.75 Å². The Labute approximate surface area is 101 Å². The molecule has 4 heteroatoms. The van der Waals surface area contributed by atoms with E-state index in [9.17, 15) is 4.79 Å². The fourth-order valence-corrected chi connectivity index (χ4v) is 1.74. The molecule has 1 aromatic carbocycles. The highest BCUT2D eigenvalue weighted by Gasteiger charge is 2.07. The molecule has 94 valence electrons. The summed E-state index contributed by atoms with van der Waals surface area (Å²) in [6, 6.07) is 5.81. The summed E-state index contributed by atoms with van der Waals surface area (Å²) >= 11 is 0. The largest absolute Gasteiger partial charge is 0.507 e. The minimum absolute atomic E-state index is 0.0359. The number of hydrogen-bond donors (Lipinski definition) is 3. The lowest BCUT2D eigenvalue weighted by Gasteiger charge is -2.14. The quantitative estimate of drug-likeness (QED) is 0.702. The lowest BCUT2D eigenvalue weighted by atomic mass is 9.98. The Hall–Kier alpha value is -1.55. The number of aromatic hydroxyl groups is 1. The average Bonchev–Trinajstić information content (AvgIpc) is 2.31. The fourth-order valence-electron chi connectivity index (χ4n) is 1.74. The Bertz CT molecular complexity index is 356. The zero-order valence-electron chi connectivity index (χ0n) is 9.67. The maximum absolute atomic E-state index is 10.3. The summed E-state index contributed by atoms with van der Waals surface area (Å²) in [6.45, 7) is 0. The second-order valence-corrected chi connectivity index (χ2v) is 4.11. The van der Waals surface area contributed by atoms with Crippen molar-refractivity contribution >= 4 is 5.97 Å². The van der Waals surface area contributed by atoms with Crippen LogP contribution < -0.4 is 0 Å². The number of phenols is 1. The van der Waals surface area contributed by atoms with Crippen LogP contribution in [0.3, 0.4) is 0 Å². The van der Waals surface area contributed by atoms with Gasteiger partial charge in [-0.25, -0.2) is 4.79 Å². The van der Waals surface area contributed by atoms with Gasteiger partial charge in [-0.05, 0) is 25.0 Å². The van der Waals surface area contributed by atoms with Crippen molar-refractivity contribution in [3.8, 4) is 5.75 Å². The normalized spacial score (nSPS) is 15.8. The number of aliphatic hydroxyl groups is 1. The summed E-state index contributed by atoms with van der Waals surface area (Å²) in [5.41, 5.74) is -0.0671. The standard InChI is InChI=1S/C7H6O3.C6H12O/c8-6-4-2-1-3-5(6)7(9)10;7-6-4-2-1-3-5-6/h1-4,8H,(H,9,10);6-7H,1-5H2. The number of aliphatic hydroxyl groups excluding tert-OH is 1. The first-order valence-electron chi connectivity index (χ1n) is 5.80. The lowest BCUT2D eigenvalue weighted by Crippen LogP contribution is -2.09. The van der Waals surface area contributed by atoms with Gasteiger partial charge in [0.1, 0.15) is 11.3 Å². The fraction of sp³-hybridized carbons (Fsp3) is 0.462. The van der Waals surface area contributed by atoms with E-state index in [2.05, 4.69) is 0 Å². The van der Waals surface area contributed by atoms with Gasteiger partial charge in [0.05, 0.1) is 6.10 Å². The summed E-state index contributed by atoms with van der Waals surface area (Å²) in [5, 5.41) is 26.2. The molecule has 0 spiro atoms. The average molecular weight is 238 g/mol. The molecule has 0 aliphatic heterocycles. The van der Waals surface area contributed by atoms with Crippen LogP contribution in [0, 0.1) is 0 Å². The number of para-hydroxylation sites is 1. The maximum Gasteiger partial charge on any atom is 0.339 e. The van der Waals surface area contributed by atoms with Gasteiger partial charge in [0, 0.05) is 0 Å². The van der Waals surface area contributed by atoms with Crippen LogP contribution in [0.4, 0.5) is 0 Å². The number of rotatable bonds is 1. The first kappa shape index (κ1) is 13.5. The minimum Gasteiger partial charge on any atom is -0.507 e. The molecule has 17 heavy (non-hydrogen) atoms. The van der Waals surface area contributed by atoms with Crippen molar-refractivity contribution in [2.45, 2.75) is 38.2 Å². The van der Waals surface area contributed by atoms with Crippen molar-refractivity contribution in [1.29, 1.82) is 0 Å². The second kappa shape index (κ2) is 6.91. The van der Waals surface area contributed by atoms with Gasteiger partial charge in [-0.15, -0.1) is 0 Å². The molecular weight excluding hydrogens is 220 g/mol. The van der Waals surface area contributed by atoms with E-state index in [0.717, 1.165) is 12.8 Å². The molecule has 0 radical (unpaired) electrons. The van der Waals surface area contributed by atoms with Gasteiger partial charge in [-0.1, -0.05) is 31.4 Å². The Morgan fingerprint density at radius 1 is 1.12 bits per heavy atom. The minimum atomic E-state index is -1.11. The third-order valence-corrected chi connectivity index (χ3v) is 2.71. The topological polar surface area (TPSA) is 77.8 Å². The third kappa shape index (κ3) is 4.87. The summed E-state index contributed by atoms with van der Waals surface area (Å²) in [7, 11) is 0. The zero-order chi connectivity index (χ0) is 12.7. The molecule has 1 aliphatic carbocycles. The van der Waals surface area contributed by atoms with Crippen molar-refractivity contribution in [1.82, 2.24) is 0 Å². The van der Waals surface area contributed by atoms with E-state index >= 15 is 0 Å². The highest BCUT2D eigenvalue weighted by Crippen LogP contribution is 2.16. The summed E-state index contributed by atoms with van der Waals surface area (Å²) in [5.74, 6) is -1.31. The molecule has 0 unspecified atom stereocenters. The van der Waals surface area contributed by atoms with Gasteiger partial charge in [0.15, 0.2) is 0 Å². The number of benzene rings is 1. The molecule has 0 bridgehead atoms. The first-order chi connectivity index (χ1) is 8.11. The smallest absolute Gasteiger partial charge is 0.339 e. The van der Waals surface area contributed by atoms with E-state index in [0.29, 0.717) is 0 Å². The zero-order valence-corrected chi connectivity index (χ0v) is 9.67. The SMILES string of the molecule is O=C(O)c1ccccc1O.OC1CCCCC1. The first-order valence-corrected chi connectivity index (χ1v) is 5.80. The summed E-state index contributed by atoms with van der Waals surface area (Å²) in [6.07, 6.45) is 5.92. The van der Waals surface area contributed by atoms with Crippen molar-refractivity contribution in [3.63, 3.8) is 0 Å². The monoisotopic (exact) mass is 238 g/mol. The van der Waals surface area contributed by atoms with E-state index in [1.54, 1.807) is 12.1 Å². The third-order valence-electron chi connectivity index (χ3n) is 2.71. The van der Waals surface area contributed by atoms with Crippen molar-refractivity contribution in [2.75, 3.05) is 0 Å². The van der Waals surface area contributed by atoms with E-state index in [-0.39, 0.29) is 17.4 Å². The summed E-state index contributed by atoms with van der Waals surface area (Å²) in [4.78, 5) is 10.3. The van der Waals surface area contributed by atoms with Crippen molar-refractivity contribution in [2.24, 2.45) is 0 Å². The highest BCUT2D eigenvalue weighted by molar-refractivity contribution is 5.90.